The second-order valence-corrected chi connectivity index (χ2v) is 7.80. The van der Waals surface area contributed by atoms with E-state index in [1.54, 1.807) is 37.3 Å². The van der Waals surface area contributed by atoms with Gasteiger partial charge in [-0.3, -0.25) is 9.52 Å². The minimum Gasteiger partial charge on any atom is -0.490 e. The van der Waals surface area contributed by atoms with E-state index in [0.717, 1.165) is 6.42 Å². The second kappa shape index (κ2) is 9.13. The molecule has 0 aromatic heterocycles. The molecule has 1 aliphatic rings. The first-order valence-corrected chi connectivity index (χ1v) is 9.92. The third kappa shape index (κ3) is 5.28. The van der Waals surface area contributed by atoms with Gasteiger partial charge in [-0.15, -0.1) is 12.4 Å². The molecule has 0 saturated heterocycles. The van der Waals surface area contributed by atoms with Gasteiger partial charge in [0, 0.05) is 23.9 Å². The molecule has 152 valence electrons. The highest BCUT2D eigenvalue weighted by atomic mass is 35.5. The summed E-state index contributed by atoms with van der Waals surface area (Å²) in [5.74, 6) is 0.612. The molecule has 2 aromatic carbocycles. The Labute approximate surface area is 169 Å². The van der Waals surface area contributed by atoms with Crippen molar-refractivity contribution >= 4 is 39.7 Å². The van der Waals surface area contributed by atoms with Crippen LogP contribution in [0.4, 0.5) is 11.4 Å². The maximum Gasteiger partial charge on any atom is 0.262 e. The van der Waals surface area contributed by atoms with E-state index < -0.39 is 16.1 Å². The summed E-state index contributed by atoms with van der Waals surface area (Å²) in [5, 5.41) is 2.63. The summed E-state index contributed by atoms with van der Waals surface area (Å²) in [5.41, 5.74) is 6.38. The fourth-order valence-corrected chi connectivity index (χ4v) is 3.48. The number of rotatable bonds is 5. The van der Waals surface area contributed by atoms with Crippen LogP contribution in [0.25, 0.3) is 0 Å². The number of carbonyl (C=O) groups is 1. The van der Waals surface area contributed by atoms with Gasteiger partial charge in [-0.05, 0) is 43.3 Å². The Morgan fingerprint density at radius 1 is 1.04 bits per heavy atom. The molecule has 0 aliphatic carbocycles. The average molecular weight is 428 g/mol. The number of sulfonamides is 1. The summed E-state index contributed by atoms with van der Waals surface area (Å²) in [6, 6.07) is 10.1. The average Bonchev–Trinajstić information content (AvgIpc) is 2.87. The number of halogens is 1. The van der Waals surface area contributed by atoms with Gasteiger partial charge in [0.25, 0.3) is 10.0 Å². The fraction of sp³-hybridized carbons (Fsp3) is 0.278. The predicted molar refractivity (Wildman–Crippen MR) is 109 cm³/mol. The van der Waals surface area contributed by atoms with Gasteiger partial charge in [0.05, 0.1) is 24.2 Å². The molecule has 4 N–H and O–H groups in total. The molecule has 1 aliphatic heterocycles. The van der Waals surface area contributed by atoms with Crippen LogP contribution in [-0.4, -0.2) is 33.6 Å². The molecule has 0 spiro atoms. The van der Waals surface area contributed by atoms with Crippen molar-refractivity contribution in [2.24, 2.45) is 5.73 Å². The second-order valence-electron chi connectivity index (χ2n) is 6.12. The highest BCUT2D eigenvalue weighted by Gasteiger charge is 2.19. The first-order chi connectivity index (χ1) is 12.8. The van der Waals surface area contributed by atoms with E-state index in [2.05, 4.69) is 10.0 Å². The minimum atomic E-state index is -3.80. The molecule has 2 aromatic rings. The van der Waals surface area contributed by atoms with Gasteiger partial charge in [-0.2, -0.15) is 0 Å². The lowest BCUT2D eigenvalue weighted by Gasteiger charge is -2.12. The Morgan fingerprint density at radius 2 is 1.64 bits per heavy atom. The first-order valence-electron chi connectivity index (χ1n) is 8.44. The maximum absolute atomic E-state index is 12.6. The van der Waals surface area contributed by atoms with Crippen LogP contribution < -0.4 is 25.2 Å². The molecule has 1 heterocycles. The highest BCUT2D eigenvalue weighted by Crippen LogP contribution is 2.32. The number of ether oxygens (including phenoxy) is 2. The zero-order valence-corrected chi connectivity index (χ0v) is 16.8. The number of hydrogen-bond acceptors (Lipinski definition) is 6. The number of nitrogens with one attached hydrogen (secondary N) is 2. The topological polar surface area (TPSA) is 120 Å². The lowest BCUT2D eigenvalue weighted by Crippen LogP contribution is -2.32. The van der Waals surface area contributed by atoms with Gasteiger partial charge in [0.2, 0.25) is 5.91 Å². The van der Waals surface area contributed by atoms with Gasteiger partial charge in [0.1, 0.15) is 0 Å². The molecule has 0 bridgehead atoms. The van der Waals surface area contributed by atoms with Crippen molar-refractivity contribution in [3.8, 4) is 11.5 Å². The van der Waals surface area contributed by atoms with Crippen molar-refractivity contribution in [3.63, 3.8) is 0 Å². The molecule has 1 atom stereocenters. The summed E-state index contributed by atoms with van der Waals surface area (Å²) in [4.78, 5) is 11.7. The number of nitrogens with two attached hydrogens (primary N) is 1. The van der Waals surface area contributed by atoms with E-state index in [0.29, 0.717) is 36.1 Å². The number of anilines is 2. The normalized spacial score (nSPS) is 14.2. The van der Waals surface area contributed by atoms with Crippen molar-refractivity contribution in [2.75, 3.05) is 23.3 Å². The molecule has 8 nitrogen and oxygen atoms in total. The smallest absolute Gasteiger partial charge is 0.262 e. The molecule has 0 radical (unpaired) electrons. The van der Waals surface area contributed by atoms with E-state index in [4.69, 9.17) is 15.2 Å². The van der Waals surface area contributed by atoms with Crippen LogP contribution in [-0.2, 0) is 14.8 Å². The van der Waals surface area contributed by atoms with E-state index in [1.807, 2.05) is 0 Å². The molecule has 0 fully saturated rings. The lowest BCUT2D eigenvalue weighted by molar-refractivity contribution is -0.117. The quantitative estimate of drug-likeness (QED) is 0.673. The van der Waals surface area contributed by atoms with Crippen LogP contribution in [0.3, 0.4) is 0 Å². The van der Waals surface area contributed by atoms with Gasteiger partial charge in [0.15, 0.2) is 11.5 Å². The maximum atomic E-state index is 12.6. The Morgan fingerprint density at radius 3 is 2.29 bits per heavy atom. The molecule has 1 amide bonds. The fourth-order valence-electron chi connectivity index (χ4n) is 2.40. The van der Waals surface area contributed by atoms with Gasteiger partial charge in [-0.25, -0.2) is 8.42 Å². The number of carbonyl (C=O) groups excluding carboxylic acids is 1. The summed E-state index contributed by atoms with van der Waals surface area (Å²) in [6.45, 7) is 2.58. The number of benzene rings is 2. The zero-order chi connectivity index (χ0) is 19.4. The van der Waals surface area contributed by atoms with Gasteiger partial charge < -0.3 is 20.5 Å². The summed E-state index contributed by atoms with van der Waals surface area (Å²) in [6.07, 6.45) is 0.737. The van der Waals surface area contributed by atoms with Crippen molar-refractivity contribution in [2.45, 2.75) is 24.3 Å². The molecule has 10 heteroatoms. The van der Waals surface area contributed by atoms with Gasteiger partial charge >= 0.3 is 0 Å². The van der Waals surface area contributed by atoms with Crippen molar-refractivity contribution in [1.29, 1.82) is 0 Å². The van der Waals surface area contributed by atoms with E-state index in [-0.39, 0.29) is 23.2 Å². The first kappa shape index (κ1) is 21.8. The largest absolute Gasteiger partial charge is 0.490 e. The minimum absolute atomic E-state index is 0. The molecule has 3 rings (SSSR count). The zero-order valence-electron chi connectivity index (χ0n) is 15.2. The van der Waals surface area contributed by atoms with E-state index >= 15 is 0 Å². The summed E-state index contributed by atoms with van der Waals surface area (Å²) >= 11 is 0. The molecule has 0 saturated carbocycles. The van der Waals surface area contributed by atoms with Crippen LogP contribution in [0.2, 0.25) is 0 Å². The molecular weight excluding hydrogens is 406 g/mol. The lowest BCUT2D eigenvalue weighted by atomic mass is 10.2. The predicted octanol–water partition coefficient (Wildman–Crippen LogP) is 2.36. The van der Waals surface area contributed by atoms with Crippen LogP contribution in [0.1, 0.15) is 13.3 Å². The number of hydrogen-bond donors (Lipinski definition) is 3. The van der Waals surface area contributed by atoms with Crippen molar-refractivity contribution in [1.82, 2.24) is 0 Å². The van der Waals surface area contributed by atoms with Crippen LogP contribution in [0.5, 0.6) is 11.5 Å². The van der Waals surface area contributed by atoms with Crippen LogP contribution >= 0.6 is 12.4 Å². The Balaban J connectivity index is 0.00000280. The third-order valence-electron chi connectivity index (χ3n) is 3.85. The van der Waals surface area contributed by atoms with Crippen molar-refractivity contribution in [3.05, 3.63) is 42.5 Å². The molecule has 0 unspecified atom stereocenters. The molecular formula is C18H22ClN3O5S. The van der Waals surface area contributed by atoms with Crippen LogP contribution in [0, 0.1) is 0 Å². The third-order valence-corrected chi connectivity index (χ3v) is 5.23. The van der Waals surface area contributed by atoms with Gasteiger partial charge in [-0.1, -0.05) is 0 Å². The Hall–Kier alpha value is -2.49. The highest BCUT2D eigenvalue weighted by molar-refractivity contribution is 7.92. The number of fused-ring (bicyclic) bond motifs is 1. The van der Waals surface area contributed by atoms with E-state index in [9.17, 15) is 13.2 Å². The number of amides is 1. The van der Waals surface area contributed by atoms with Crippen LogP contribution in [0.15, 0.2) is 47.4 Å². The standard InChI is InChI=1S/C18H21N3O5S.ClH/c1-12(19)18(22)20-13-3-5-14(6-4-13)21-27(23,24)15-7-8-16-17(11-15)26-10-2-9-25-16;/h3-8,11-12,21H,2,9-10,19H2,1H3,(H,20,22);1H/t12-;/m0./s1. The summed E-state index contributed by atoms with van der Waals surface area (Å²) in [7, 11) is -3.80. The Kier molecular flexibility index (Phi) is 7.11. The van der Waals surface area contributed by atoms with Crippen molar-refractivity contribution < 1.29 is 22.7 Å². The SMILES string of the molecule is C[C@H](N)C(=O)Nc1ccc(NS(=O)(=O)c2ccc3c(c2)OCCCO3)cc1.Cl. The summed E-state index contributed by atoms with van der Waals surface area (Å²) < 4.78 is 38.8. The monoisotopic (exact) mass is 427 g/mol. The Bertz CT molecular complexity index is 933. The molecule has 28 heavy (non-hydrogen) atoms. The van der Waals surface area contributed by atoms with E-state index in [1.165, 1.54) is 12.1 Å².